The van der Waals surface area contributed by atoms with Gasteiger partial charge in [-0.3, -0.25) is 4.98 Å². The topological polar surface area (TPSA) is 41.0 Å². The van der Waals surface area contributed by atoms with Crippen LogP contribution in [0.15, 0.2) is 42.9 Å². The maximum absolute atomic E-state index is 4.32. The van der Waals surface area contributed by atoms with Crippen LogP contribution < -0.4 is 10.2 Å². The molecule has 0 unspecified atom stereocenters. The lowest BCUT2D eigenvalue weighted by Crippen LogP contribution is -2.10. The molecule has 0 saturated carbocycles. The van der Waals surface area contributed by atoms with Gasteiger partial charge in [-0.2, -0.15) is 0 Å². The lowest BCUT2D eigenvalue weighted by molar-refractivity contribution is 1.07. The largest absolute Gasteiger partial charge is 0.363 e. The van der Waals surface area contributed by atoms with E-state index in [-0.39, 0.29) is 0 Å². The summed E-state index contributed by atoms with van der Waals surface area (Å²) in [5.41, 5.74) is 1.92. The molecule has 2 aromatic heterocycles. The molecule has 0 aliphatic heterocycles. The quantitative estimate of drug-likeness (QED) is 0.851. The van der Waals surface area contributed by atoms with Crippen LogP contribution in [0, 0.1) is 0 Å². The Hall–Kier alpha value is -2.10. The van der Waals surface area contributed by atoms with Crippen molar-refractivity contribution in [3.05, 3.63) is 42.9 Å². The van der Waals surface area contributed by atoms with Gasteiger partial charge in [0.25, 0.3) is 0 Å². The summed E-state index contributed by atoms with van der Waals surface area (Å²) < 4.78 is 0. The monoisotopic (exact) mass is 214 g/mol. The molecule has 0 bridgehead atoms. The molecular formula is C12H14N4. The molecule has 0 fully saturated rings. The molecule has 2 heterocycles. The maximum Gasteiger partial charge on any atom is 0.128 e. The van der Waals surface area contributed by atoms with Crippen molar-refractivity contribution in [2.75, 3.05) is 24.3 Å². The van der Waals surface area contributed by atoms with Gasteiger partial charge in [-0.15, -0.1) is 0 Å². The molecule has 0 aliphatic carbocycles. The maximum atomic E-state index is 4.32. The average Bonchev–Trinajstić information content (AvgIpc) is 2.31. The summed E-state index contributed by atoms with van der Waals surface area (Å²) in [6.07, 6.45) is 5.33. The molecule has 0 saturated heterocycles. The Morgan fingerprint density at radius 3 is 2.44 bits per heavy atom. The van der Waals surface area contributed by atoms with E-state index in [9.17, 15) is 0 Å². The van der Waals surface area contributed by atoms with Crippen LogP contribution in [-0.2, 0) is 0 Å². The Balaban J connectivity index is 2.11. The lowest BCUT2D eigenvalue weighted by Gasteiger charge is -2.11. The minimum atomic E-state index is 0.941. The lowest BCUT2D eigenvalue weighted by atomic mass is 10.3. The molecule has 0 spiro atoms. The van der Waals surface area contributed by atoms with Crippen LogP contribution >= 0.6 is 0 Å². The molecule has 2 aromatic rings. The number of nitrogens with one attached hydrogen (secondary N) is 1. The Bertz CT molecular complexity index is 436. The number of rotatable bonds is 3. The second-order valence-corrected chi connectivity index (χ2v) is 3.67. The van der Waals surface area contributed by atoms with E-state index < -0.39 is 0 Å². The van der Waals surface area contributed by atoms with Crippen LogP contribution in [-0.4, -0.2) is 24.1 Å². The molecule has 1 N–H and O–H groups in total. The van der Waals surface area contributed by atoms with Gasteiger partial charge < -0.3 is 10.2 Å². The van der Waals surface area contributed by atoms with E-state index in [1.54, 1.807) is 12.4 Å². The van der Waals surface area contributed by atoms with Gasteiger partial charge in [0, 0.05) is 20.3 Å². The van der Waals surface area contributed by atoms with Crippen molar-refractivity contribution >= 4 is 17.2 Å². The molecule has 0 amide bonds. The second kappa shape index (κ2) is 4.61. The average molecular weight is 214 g/mol. The zero-order chi connectivity index (χ0) is 11.4. The summed E-state index contributed by atoms with van der Waals surface area (Å²) in [4.78, 5) is 10.3. The third-order valence-corrected chi connectivity index (χ3v) is 2.16. The van der Waals surface area contributed by atoms with Crippen molar-refractivity contribution in [1.82, 2.24) is 9.97 Å². The summed E-state index contributed by atoms with van der Waals surface area (Å²) in [6, 6.07) is 7.82. The van der Waals surface area contributed by atoms with Crippen LogP contribution in [0.5, 0.6) is 0 Å². The normalized spacial score (nSPS) is 9.88. The van der Waals surface area contributed by atoms with Gasteiger partial charge in [0.05, 0.1) is 23.8 Å². The van der Waals surface area contributed by atoms with Crippen LogP contribution in [0.3, 0.4) is 0 Å². The Labute approximate surface area is 95.0 Å². The van der Waals surface area contributed by atoms with Gasteiger partial charge >= 0.3 is 0 Å². The molecular weight excluding hydrogens is 200 g/mol. The number of pyridine rings is 2. The molecule has 4 nitrogen and oxygen atoms in total. The number of aromatic nitrogens is 2. The summed E-state index contributed by atoms with van der Waals surface area (Å²) in [5, 5.41) is 3.23. The third-order valence-electron chi connectivity index (χ3n) is 2.16. The fourth-order valence-corrected chi connectivity index (χ4v) is 1.33. The number of hydrogen-bond donors (Lipinski definition) is 1. The SMILES string of the molecule is CN(C)c1ccc(Nc2cccnc2)cn1. The summed E-state index contributed by atoms with van der Waals surface area (Å²) in [6.45, 7) is 0. The van der Waals surface area contributed by atoms with E-state index >= 15 is 0 Å². The first-order chi connectivity index (χ1) is 7.75. The molecule has 16 heavy (non-hydrogen) atoms. The van der Waals surface area contributed by atoms with Gasteiger partial charge in [0.1, 0.15) is 5.82 Å². The molecule has 0 aliphatic rings. The first-order valence-electron chi connectivity index (χ1n) is 5.06. The van der Waals surface area contributed by atoms with Gasteiger partial charge in [0.15, 0.2) is 0 Å². The van der Waals surface area contributed by atoms with Crippen molar-refractivity contribution in [3.8, 4) is 0 Å². The molecule has 82 valence electrons. The number of anilines is 3. The first kappa shape index (κ1) is 10.4. The summed E-state index contributed by atoms with van der Waals surface area (Å²) >= 11 is 0. The Morgan fingerprint density at radius 1 is 1.06 bits per heavy atom. The van der Waals surface area contributed by atoms with E-state index in [2.05, 4.69) is 15.3 Å². The predicted molar refractivity (Wildman–Crippen MR) is 66.1 cm³/mol. The highest BCUT2D eigenvalue weighted by molar-refractivity contribution is 5.58. The zero-order valence-electron chi connectivity index (χ0n) is 9.38. The smallest absolute Gasteiger partial charge is 0.128 e. The fourth-order valence-electron chi connectivity index (χ4n) is 1.33. The fraction of sp³-hybridized carbons (Fsp3) is 0.167. The summed E-state index contributed by atoms with van der Waals surface area (Å²) in [5.74, 6) is 0.941. The van der Waals surface area contributed by atoms with Crippen molar-refractivity contribution < 1.29 is 0 Å². The third kappa shape index (κ3) is 2.48. The molecule has 2 rings (SSSR count). The van der Waals surface area contributed by atoms with Gasteiger partial charge in [-0.1, -0.05) is 0 Å². The summed E-state index contributed by atoms with van der Waals surface area (Å²) in [7, 11) is 3.94. The van der Waals surface area contributed by atoms with Crippen molar-refractivity contribution in [2.24, 2.45) is 0 Å². The van der Waals surface area contributed by atoms with Crippen molar-refractivity contribution in [3.63, 3.8) is 0 Å². The van der Waals surface area contributed by atoms with Crippen LogP contribution in [0.1, 0.15) is 0 Å². The molecule has 0 radical (unpaired) electrons. The Morgan fingerprint density at radius 2 is 1.88 bits per heavy atom. The van der Waals surface area contributed by atoms with E-state index in [0.29, 0.717) is 0 Å². The van der Waals surface area contributed by atoms with Gasteiger partial charge in [0.2, 0.25) is 0 Å². The Kier molecular flexibility index (Phi) is 3.00. The van der Waals surface area contributed by atoms with Crippen molar-refractivity contribution in [1.29, 1.82) is 0 Å². The zero-order valence-corrected chi connectivity index (χ0v) is 9.38. The highest BCUT2D eigenvalue weighted by Crippen LogP contribution is 2.16. The van der Waals surface area contributed by atoms with Gasteiger partial charge in [-0.05, 0) is 24.3 Å². The van der Waals surface area contributed by atoms with Crippen LogP contribution in [0.2, 0.25) is 0 Å². The van der Waals surface area contributed by atoms with E-state index in [0.717, 1.165) is 17.2 Å². The van der Waals surface area contributed by atoms with E-state index in [1.165, 1.54) is 0 Å². The molecule has 0 atom stereocenters. The second-order valence-electron chi connectivity index (χ2n) is 3.67. The minimum Gasteiger partial charge on any atom is -0.363 e. The van der Waals surface area contributed by atoms with Crippen LogP contribution in [0.25, 0.3) is 0 Å². The van der Waals surface area contributed by atoms with E-state index in [4.69, 9.17) is 0 Å². The van der Waals surface area contributed by atoms with Gasteiger partial charge in [-0.25, -0.2) is 4.98 Å². The standard InChI is InChI=1S/C12H14N4/c1-16(2)12-6-5-11(9-14-12)15-10-4-3-7-13-8-10/h3-9,15H,1-2H3. The highest BCUT2D eigenvalue weighted by atomic mass is 15.1. The minimum absolute atomic E-state index is 0.941. The molecule has 0 aromatic carbocycles. The van der Waals surface area contributed by atoms with Crippen LogP contribution in [0.4, 0.5) is 17.2 Å². The highest BCUT2D eigenvalue weighted by Gasteiger charge is 1.97. The van der Waals surface area contributed by atoms with Crippen molar-refractivity contribution in [2.45, 2.75) is 0 Å². The first-order valence-corrected chi connectivity index (χ1v) is 5.06. The number of hydrogen-bond acceptors (Lipinski definition) is 4. The molecule has 4 heteroatoms. The predicted octanol–water partition coefficient (Wildman–Crippen LogP) is 2.29. The number of nitrogens with zero attached hydrogens (tertiary/aromatic N) is 3. The van der Waals surface area contributed by atoms with E-state index in [1.807, 2.05) is 49.5 Å².